The van der Waals surface area contributed by atoms with Gasteiger partial charge in [0.15, 0.2) is 0 Å². The molecule has 0 aromatic heterocycles. The predicted octanol–water partition coefficient (Wildman–Crippen LogP) is 0.408. The molecule has 1 rings (SSSR count). The smallest absolute Gasteiger partial charge is 0.253 e. The normalized spacial score (nSPS) is 17.6. The number of hydrogen-bond acceptors (Lipinski definition) is 2. The van der Waals surface area contributed by atoms with E-state index in [1.165, 1.54) is 0 Å². The highest BCUT2D eigenvalue weighted by Crippen LogP contribution is 2.06. The second kappa shape index (κ2) is 2.64. The summed E-state index contributed by atoms with van der Waals surface area (Å²) in [5.74, 6) is 0.118. The molecule has 0 fully saturated rings. The lowest BCUT2D eigenvalue weighted by atomic mass is 10.1. The minimum Gasteiger partial charge on any atom is -0.379 e. The van der Waals surface area contributed by atoms with Crippen molar-refractivity contribution in [1.82, 2.24) is 5.32 Å². The van der Waals surface area contributed by atoms with Gasteiger partial charge in [0.2, 0.25) is 0 Å². The Balaban J connectivity index is 3.16. The van der Waals surface area contributed by atoms with Crippen molar-refractivity contribution in [1.29, 1.82) is 0 Å². The van der Waals surface area contributed by atoms with Crippen LogP contribution in [0.1, 0.15) is 13.8 Å². The molecule has 11 heavy (non-hydrogen) atoms. The fourth-order valence-corrected chi connectivity index (χ4v) is 0.725. The van der Waals surface area contributed by atoms with E-state index in [1.807, 2.05) is 6.92 Å². The third-order valence-corrected chi connectivity index (χ3v) is 1.62. The Bertz CT molecular complexity index is 293. The summed E-state index contributed by atoms with van der Waals surface area (Å²) in [5, 5.41) is 2.48. The van der Waals surface area contributed by atoms with Gasteiger partial charge in [-0.3, -0.25) is 4.79 Å². The van der Waals surface area contributed by atoms with Crippen LogP contribution in [0.15, 0.2) is 28.8 Å². The van der Waals surface area contributed by atoms with E-state index in [2.05, 4.69) is 11.0 Å². The zero-order chi connectivity index (χ0) is 8.43. The number of nitrogens with two attached hydrogens (primary N) is 1. The summed E-state index contributed by atoms with van der Waals surface area (Å²) in [5.41, 5.74) is 9.67. The monoisotopic (exact) mass is 150 g/mol. The van der Waals surface area contributed by atoms with Crippen LogP contribution < -0.4 is 11.1 Å². The summed E-state index contributed by atoms with van der Waals surface area (Å²) >= 11 is 0. The molecule has 3 N–H and O–H groups in total. The first-order chi connectivity index (χ1) is 5.11. The van der Waals surface area contributed by atoms with Crippen LogP contribution in [-0.2, 0) is 4.79 Å². The maximum absolute atomic E-state index is 11.1. The molecule has 0 unspecified atom stereocenters. The molecule has 0 aliphatic carbocycles. The number of carbonyl (C=O) groups excluding carboxylic acids is 1. The first-order valence-electron chi connectivity index (χ1n) is 3.32. The Hall–Kier alpha value is -1.47. The molecule has 0 bridgehead atoms. The van der Waals surface area contributed by atoms with Crippen LogP contribution in [0, 0.1) is 0 Å². The van der Waals surface area contributed by atoms with Crippen molar-refractivity contribution in [3.05, 3.63) is 28.8 Å². The molecule has 0 aromatic carbocycles. The van der Waals surface area contributed by atoms with Crippen molar-refractivity contribution in [3.63, 3.8) is 0 Å². The SMILES string of the molecule is CC1=C(C)C(=O)NC(N)=C=C1. The van der Waals surface area contributed by atoms with Gasteiger partial charge in [0.25, 0.3) is 5.91 Å². The maximum atomic E-state index is 11.1. The molecule has 1 heterocycles. The highest BCUT2D eigenvalue weighted by Gasteiger charge is 2.08. The highest BCUT2D eigenvalue weighted by atomic mass is 16.1. The van der Waals surface area contributed by atoms with Crippen molar-refractivity contribution in [2.75, 3.05) is 0 Å². The van der Waals surface area contributed by atoms with E-state index in [4.69, 9.17) is 5.73 Å². The third kappa shape index (κ3) is 1.51. The van der Waals surface area contributed by atoms with Gasteiger partial charge in [0.1, 0.15) is 5.82 Å². The van der Waals surface area contributed by atoms with E-state index >= 15 is 0 Å². The first-order valence-corrected chi connectivity index (χ1v) is 3.32. The summed E-state index contributed by atoms with van der Waals surface area (Å²) in [6.07, 6.45) is 1.70. The number of hydrogen-bond donors (Lipinski definition) is 2. The van der Waals surface area contributed by atoms with Gasteiger partial charge in [0, 0.05) is 5.57 Å². The molecular formula is C8H10N2O. The Kier molecular flexibility index (Phi) is 1.83. The van der Waals surface area contributed by atoms with Gasteiger partial charge in [-0.1, -0.05) is 5.73 Å². The van der Waals surface area contributed by atoms with Crippen molar-refractivity contribution in [3.8, 4) is 0 Å². The number of nitrogens with one attached hydrogen (secondary N) is 1. The second-order valence-corrected chi connectivity index (χ2v) is 2.46. The number of allylic oxidation sites excluding steroid dienone is 2. The Morgan fingerprint density at radius 2 is 2.18 bits per heavy atom. The molecule has 0 radical (unpaired) electrons. The quantitative estimate of drug-likeness (QED) is 0.491. The van der Waals surface area contributed by atoms with E-state index in [0.717, 1.165) is 5.57 Å². The molecule has 0 atom stereocenters. The lowest BCUT2D eigenvalue weighted by Gasteiger charge is -2.01. The zero-order valence-corrected chi connectivity index (χ0v) is 6.56. The summed E-state index contributed by atoms with van der Waals surface area (Å²) in [7, 11) is 0. The van der Waals surface area contributed by atoms with E-state index in [0.29, 0.717) is 5.57 Å². The van der Waals surface area contributed by atoms with Crippen LogP contribution >= 0.6 is 0 Å². The molecule has 58 valence electrons. The fourth-order valence-electron chi connectivity index (χ4n) is 0.725. The zero-order valence-electron chi connectivity index (χ0n) is 6.56. The van der Waals surface area contributed by atoms with E-state index in [1.54, 1.807) is 13.0 Å². The van der Waals surface area contributed by atoms with E-state index in [9.17, 15) is 4.79 Å². The van der Waals surface area contributed by atoms with E-state index in [-0.39, 0.29) is 11.7 Å². The number of carbonyl (C=O) groups is 1. The van der Waals surface area contributed by atoms with Crippen molar-refractivity contribution in [2.45, 2.75) is 13.8 Å². The van der Waals surface area contributed by atoms with Crippen LogP contribution in [0.25, 0.3) is 0 Å². The van der Waals surface area contributed by atoms with Crippen LogP contribution in [0.2, 0.25) is 0 Å². The summed E-state index contributed by atoms with van der Waals surface area (Å²) < 4.78 is 0. The summed E-state index contributed by atoms with van der Waals surface area (Å²) in [6.45, 7) is 3.60. The molecule has 1 aliphatic heterocycles. The van der Waals surface area contributed by atoms with Gasteiger partial charge in [0.05, 0.1) is 0 Å². The standard InChI is InChI=1S/C8H10N2O/c1-5-3-4-7(9)10-8(11)6(5)2/h3H,9H2,1-2H3,(H,10,11). The minimum absolute atomic E-state index is 0.152. The Morgan fingerprint density at radius 1 is 1.55 bits per heavy atom. The summed E-state index contributed by atoms with van der Waals surface area (Å²) in [4.78, 5) is 11.1. The van der Waals surface area contributed by atoms with Gasteiger partial charge >= 0.3 is 0 Å². The largest absolute Gasteiger partial charge is 0.379 e. The summed E-state index contributed by atoms with van der Waals surface area (Å²) in [6, 6.07) is 0. The lowest BCUT2D eigenvalue weighted by Crippen LogP contribution is -2.26. The molecular weight excluding hydrogens is 140 g/mol. The minimum atomic E-state index is -0.152. The number of amides is 1. The van der Waals surface area contributed by atoms with Gasteiger partial charge in [-0.05, 0) is 25.5 Å². The van der Waals surface area contributed by atoms with Crippen molar-refractivity contribution in [2.24, 2.45) is 5.73 Å². The molecule has 1 aliphatic rings. The van der Waals surface area contributed by atoms with Crippen LogP contribution in [0.4, 0.5) is 0 Å². The molecule has 3 heteroatoms. The van der Waals surface area contributed by atoms with Gasteiger partial charge in [-0.15, -0.1) is 0 Å². The lowest BCUT2D eigenvalue weighted by molar-refractivity contribution is -0.116. The average Bonchev–Trinajstić information content (AvgIpc) is 2.05. The second-order valence-electron chi connectivity index (χ2n) is 2.46. The maximum Gasteiger partial charge on any atom is 0.253 e. The van der Waals surface area contributed by atoms with Gasteiger partial charge < -0.3 is 11.1 Å². The highest BCUT2D eigenvalue weighted by molar-refractivity contribution is 5.95. The molecule has 0 saturated heterocycles. The molecule has 3 nitrogen and oxygen atoms in total. The molecule has 0 saturated carbocycles. The predicted molar refractivity (Wildman–Crippen MR) is 42.3 cm³/mol. The van der Waals surface area contributed by atoms with Crippen molar-refractivity contribution >= 4 is 5.91 Å². The fraction of sp³-hybridized carbons (Fsp3) is 0.250. The number of rotatable bonds is 0. The van der Waals surface area contributed by atoms with Crippen LogP contribution in [-0.4, -0.2) is 5.91 Å². The molecule has 0 aromatic rings. The Morgan fingerprint density at radius 3 is 2.82 bits per heavy atom. The average molecular weight is 150 g/mol. The van der Waals surface area contributed by atoms with Gasteiger partial charge in [-0.25, -0.2) is 0 Å². The van der Waals surface area contributed by atoms with Gasteiger partial charge in [-0.2, -0.15) is 0 Å². The molecule has 1 amide bonds. The Labute approximate surface area is 65.3 Å². The van der Waals surface area contributed by atoms with Crippen LogP contribution in [0.5, 0.6) is 0 Å². The molecule has 0 spiro atoms. The topological polar surface area (TPSA) is 55.1 Å². The van der Waals surface area contributed by atoms with E-state index < -0.39 is 0 Å². The van der Waals surface area contributed by atoms with Crippen LogP contribution in [0.3, 0.4) is 0 Å². The van der Waals surface area contributed by atoms with Crippen molar-refractivity contribution < 1.29 is 4.79 Å². The third-order valence-electron chi connectivity index (χ3n) is 1.62. The first kappa shape index (κ1) is 7.63.